The molecule has 5 nitrogen and oxygen atoms in total. The summed E-state index contributed by atoms with van der Waals surface area (Å²) in [5.41, 5.74) is 0. The Morgan fingerprint density at radius 1 is 1.00 bits per heavy atom. The highest BCUT2D eigenvalue weighted by atomic mass is 16.4. The highest BCUT2D eigenvalue weighted by molar-refractivity contribution is 5.82. The van der Waals surface area contributed by atoms with E-state index in [1.807, 2.05) is 0 Å². The molecule has 1 aliphatic heterocycles. The highest BCUT2D eigenvalue weighted by Gasteiger charge is 2.31. The van der Waals surface area contributed by atoms with Gasteiger partial charge in [0.2, 0.25) is 0 Å². The van der Waals surface area contributed by atoms with Crippen molar-refractivity contribution in [2.45, 2.75) is 76.8 Å². The molecule has 1 aliphatic carbocycles. The van der Waals surface area contributed by atoms with Crippen molar-refractivity contribution >= 4 is 12.0 Å². The number of urea groups is 1. The van der Waals surface area contributed by atoms with Crippen LogP contribution in [-0.4, -0.2) is 40.6 Å². The second-order valence-electron chi connectivity index (χ2n) is 6.66. The molecule has 3 unspecified atom stereocenters. The Morgan fingerprint density at radius 3 is 2.57 bits per heavy atom. The lowest BCUT2D eigenvalue weighted by Crippen LogP contribution is -2.51. The Kier molecular flexibility index (Phi) is 5.88. The van der Waals surface area contributed by atoms with Crippen LogP contribution in [0, 0.1) is 5.92 Å². The summed E-state index contributed by atoms with van der Waals surface area (Å²) in [7, 11) is 0. The van der Waals surface area contributed by atoms with Gasteiger partial charge in [0.05, 0.1) is 0 Å². The first-order valence-electron chi connectivity index (χ1n) is 8.38. The molecule has 21 heavy (non-hydrogen) atoms. The van der Waals surface area contributed by atoms with Crippen molar-refractivity contribution in [3.05, 3.63) is 0 Å². The van der Waals surface area contributed by atoms with E-state index in [0.29, 0.717) is 13.0 Å². The predicted octanol–water partition coefficient (Wildman–Crippen LogP) is 2.99. The zero-order chi connectivity index (χ0) is 15.2. The summed E-state index contributed by atoms with van der Waals surface area (Å²) in [6, 6.07) is -0.624. The zero-order valence-corrected chi connectivity index (χ0v) is 13.0. The molecule has 0 aromatic rings. The average molecular weight is 296 g/mol. The monoisotopic (exact) mass is 296 g/mol. The molecule has 0 bridgehead atoms. The first kappa shape index (κ1) is 16.1. The van der Waals surface area contributed by atoms with Gasteiger partial charge in [-0.05, 0) is 38.0 Å². The smallest absolute Gasteiger partial charge is 0.326 e. The van der Waals surface area contributed by atoms with E-state index < -0.39 is 12.0 Å². The Balaban J connectivity index is 1.94. The van der Waals surface area contributed by atoms with Gasteiger partial charge in [0.1, 0.15) is 6.04 Å². The number of rotatable bonds is 2. The summed E-state index contributed by atoms with van der Waals surface area (Å²) in [4.78, 5) is 25.4. The minimum Gasteiger partial charge on any atom is -0.480 e. The second kappa shape index (κ2) is 7.66. The first-order chi connectivity index (χ1) is 10.1. The van der Waals surface area contributed by atoms with Crippen molar-refractivity contribution in [3.63, 3.8) is 0 Å². The Morgan fingerprint density at radius 2 is 1.81 bits per heavy atom. The maximum absolute atomic E-state index is 12.5. The number of hydrogen-bond donors (Lipinski definition) is 2. The molecule has 0 aromatic heterocycles. The van der Waals surface area contributed by atoms with Gasteiger partial charge < -0.3 is 15.3 Å². The van der Waals surface area contributed by atoms with Crippen LogP contribution in [0.25, 0.3) is 0 Å². The van der Waals surface area contributed by atoms with E-state index >= 15 is 0 Å². The third kappa shape index (κ3) is 4.61. The average Bonchev–Trinajstić information content (AvgIpc) is 2.79. The van der Waals surface area contributed by atoms with Crippen molar-refractivity contribution in [2.24, 2.45) is 5.92 Å². The van der Waals surface area contributed by atoms with Gasteiger partial charge in [0.15, 0.2) is 0 Å². The molecule has 3 atom stereocenters. The van der Waals surface area contributed by atoms with Gasteiger partial charge in [0.25, 0.3) is 0 Å². The Bertz CT molecular complexity index is 373. The summed E-state index contributed by atoms with van der Waals surface area (Å²) in [5, 5.41) is 12.4. The van der Waals surface area contributed by atoms with Crippen LogP contribution in [0.3, 0.4) is 0 Å². The van der Waals surface area contributed by atoms with E-state index in [1.54, 1.807) is 4.90 Å². The SMILES string of the molecule is CC1CCCC(NC(=O)N2CCCCCC2C(=O)O)CC1. The molecule has 2 N–H and O–H groups in total. The first-order valence-corrected chi connectivity index (χ1v) is 8.38. The quantitative estimate of drug-likeness (QED) is 0.770. The molecule has 1 heterocycles. The molecule has 5 heteroatoms. The van der Waals surface area contributed by atoms with Crippen LogP contribution >= 0.6 is 0 Å². The summed E-state index contributed by atoms with van der Waals surface area (Å²) in [6.07, 6.45) is 8.93. The number of nitrogens with one attached hydrogen (secondary N) is 1. The molecule has 0 spiro atoms. The van der Waals surface area contributed by atoms with Crippen molar-refractivity contribution < 1.29 is 14.7 Å². The lowest BCUT2D eigenvalue weighted by atomic mass is 10.0. The van der Waals surface area contributed by atoms with E-state index in [2.05, 4.69) is 12.2 Å². The fourth-order valence-electron chi connectivity index (χ4n) is 3.50. The molecule has 1 saturated heterocycles. The third-order valence-electron chi connectivity index (χ3n) is 4.88. The zero-order valence-electron chi connectivity index (χ0n) is 13.0. The van der Waals surface area contributed by atoms with Crippen LogP contribution in [-0.2, 0) is 4.79 Å². The minimum atomic E-state index is -0.874. The Labute approximate surface area is 127 Å². The molecular formula is C16H28N2O3. The maximum atomic E-state index is 12.5. The molecular weight excluding hydrogens is 268 g/mol. The van der Waals surface area contributed by atoms with Crippen LogP contribution in [0.5, 0.6) is 0 Å². The number of carbonyl (C=O) groups is 2. The fraction of sp³-hybridized carbons (Fsp3) is 0.875. The van der Waals surface area contributed by atoms with Gasteiger partial charge in [-0.3, -0.25) is 0 Å². The summed E-state index contributed by atoms with van der Waals surface area (Å²) >= 11 is 0. The molecule has 2 fully saturated rings. The number of likely N-dealkylation sites (tertiary alicyclic amines) is 1. The van der Waals surface area contributed by atoms with Crippen molar-refractivity contribution in [1.29, 1.82) is 0 Å². The number of nitrogens with zero attached hydrogens (tertiary/aromatic N) is 1. The molecule has 2 rings (SSSR count). The summed E-state index contributed by atoms with van der Waals surface area (Å²) in [6.45, 7) is 2.82. The van der Waals surface area contributed by atoms with E-state index in [-0.39, 0.29) is 12.1 Å². The van der Waals surface area contributed by atoms with Gasteiger partial charge >= 0.3 is 12.0 Å². The second-order valence-corrected chi connectivity index (χ2v) is 6.66. The number of carboxylic acid groups (broad SMARTS) is 1. The van der Waals surface area contributed by atoms with E-state index in [9.17, 15) is 14.7 Å². The van der Waals surface area contributed by atoms with E-state index in [4.69, 9.17) is 0 Å². The number of aliphatic carboxylic acids is 1. The lowest BCUT2D eigenvalue weighted by Gasteiger charge is -2.29. The van der Waals surface area contributed by atoms with Gasteiger partial charge in [-0.15, -0.1) is 0 Å². The topological polar surface area (TPSA) is 69.6 Å². The molecule has 2 aliphatic rings. The fourth-order valence-corrected chi connectivity index (χ4v) is 3.50. The van der Waals surface area contributed by atoms with Crippen molar-refractivity contribution in [2.75, 3.05) is 6.54 Å². The van der Waals surface area contributed by atoms with Gasteiger partial charge in [-0.2, -0.15) is 0 Å². The van der Waals surface area contributed by atoms with Crippen molar-refractivity contribution in [3.8, 4) is 0 Å². The lowest BCUT2D eigenvalue weighted by molar-refractivity contribution is -0.142. The Hall–Kier alpha value is -1.26. The number of amides is 2. The third-order valence-corrected chi connectivity index (χ3v) is 4.88. The van der Waals surface area contributed by atoms with Crippen LogP contribution in [0.1, 0.15) is 64.7 Å². The standard InChI is InChI=1S/C16H28N2O3/c1-12-6-5-7-13(10-9-12)17-16(21)18-11-4-2-3-8-14(18)15(19)20/h12-14H,2-11H2,1H3,(H,17,21)(H,19,20). The van der Waals surface area contributed by atoms with Crippen molar-refractivity contribution in [1.82, 2.24) is 10.2 Å². The van der Waals surface area contributed by atoms with Gasteiger partial charge in [-0.25, -0.2) is 9.59 Å². The molecule has 0 radical (unpaired) electrons. The maximum Gasteiger partial charge on any atom is 0.326 e. The van der Waals surface area contributed by atoms with Gasteiger partial charge in [0, 0.05) is 12.6 Å². The minimum absolute atomic E-state index is 0.177. The van der Waals surface area contributed by atoms with Gasteiger partial charge in [-0.1, -0.05) is 32.6 Å². The molecule has 120 valence electrons. The summed E-state index contributed by atoms with van der Waals surface area (Å²) in [5.74, 6) is -0.140. The van der Waals surface area contributed by atoms with Crippen LogP contribution < -0.4 is 5.32 Å². The van der Waals surface area contributed by atoms with Crippen LogP contribution in [0.2, 0.25) is 0 Å². The normalized spacial score (nSPS) is 31.1. The van der Waals surface area contributed by atoms with Crippen LogP contribution in [0.4, 0.5) is 4.79 Å². The van der Waals surface area contributed by atoms with E-state index in [0.717, 1.165) is 50.9 Å². The largest absolute Gasteiger partial charge is 0.480 e. The highest BCUT2D eigenvalue weighted by Crippen LogP contribution is 2.23. The predicted molar refractivity (Wildman–Crippen MR) is 81.2 cm³/mol. The molecule has 0 aromatic carbocycles. The summed E-state index contributed by atoms with van der Waals surface area (Å²) < 4.78 is 0. The number of carbonyl (C=O) groups excluding carboxylic acids is 1. The number of hydrogen-bond acceptors (Lipinski definition) is 2. The van der Waals surface area contributed by atoms with Crippen LogP contribution in [0.15, 0.2) is 0 Å². The molecule has 1 saturated carbocycles. The van der Waals surface area contributed by atoms with E-state index in [1.165, 1.54) is 6.42 Å². The molecule has 2 amide bonds. The number of carboxylic acids is 1.